The molecule has 0 saturated carbocycles. The summed E-state index contributed by atoms with van der Waals surface area (Å²) in [6.45, 7) is 3.56. The second kappa shape index (κ2) is 5.95. The van der Waals surface area contributed by atoms with Crippen molar-refractivity contribution < 1.29 is 22.7 Å². The Hall–Kier alpha value is -1.72. The molecule has 1 aromatic carbocycles. The van der Waals surface area contributed by atoms with Gasteiger partial charge in [0.25, 0.3) is 0 Å². The molecule has 1 aliphatic rings. The third-order valence-electron chi connectivity index (χ3n) is 3.55. The maximum absolute atomic E-state index is 13.7. The van der Waals surface area contributed by atoms with Crippen molar-refractivity contribution in [3.63, 3.8) is 0 Å². The first-order valence-corrected chi connectivity index (χ1v) is 6.79. The van der Waals surface area contributed by atoms with Crippen LogP contribution in [0.5, 0.6) is 5.75 Å². The van der Waals surface area contributed by atoms with Gasteiger partial charge in [-0.3, -0.25) is 4.79 Å². The highest BCUT2D eigenvalue weighted by atomic mass is 19.3. The lowest BCUT2D eigenvalue weighted by atomic mass is 9.87. The predicted octanol–water partition coefficient (Wildman–Crippen LogP) is 3.23. The van der Waals surface area contributed by atoms with Crippen LogP contribution >= 0.6 is 0 Å². The van der Waals surface area contributed by atoms with E-state index < -0.39 is 24.1 Å². The van der Waals surface area contributed by atoms with Crippen molar-refractivity contribution >= 4 is 5.91 Å². The van der Waals surface area contributed by atoms with E-state index in [-0.39, 0.29) is 31.4 Å². The first-order chi connectivity index (χ1) is 9.81. The second-order valence-corrected chi connectivity index (χ2v) is 5.78. The molecule has 0 fully saturated rings. The third-order valence-corrected chi connectivity index (χ3v) is 3.55. The molecule has 0 radical (unpaired) electrons. The average molecular weight is 301 g/mol. The summed E-state index contributed by atoms with van der Waals surface area (Å²) in [5.74, 6) is -0.711. The van der Waals surface area contributed by atoms with Gasteiger partial charge in [0.05, 0.1) is 6.54 Å². The van der Waals surface area contributed by atoms with Crippen LogP contribution in [0.15, 0.2) is 18.2 Å². The van der Waals surface area contributed by atoms with Crippen LogP contribution in [0.1, 0.15) is 25.8 Å². The Balaban J connectivity index is 2.20. The van der Waals surface area contributed by atoms with E-state index in [1.807, 2.05) is 0 Å². The van der Waals surface area contributed by atoms with E-state index in [0.29, 0.717) is 5.56 Å². The number of benzene rings is 1. The average Bonchev–Trinajstić information content (AvgIpc) is 2.59. The molecule has 1 heterocycles. The zero-order valence-corrected chi connectivity index (χ0v) is 12.0. The van der Waals surface area contributed by atoms with E-state index >= 15 is 0 Å². The maximum Gasteiger partial charge on any atom is 0.239 e. The van der Waals surface area contributed by atoms with E-state index in [1.54, 1.807) is 6.07 Å². The lowest BCUT2D eigenvalue weighted by Crippen LogP contribution is -2.42. The Labute approximate surface area is 121 Å². The van der Waals surface area contributed by atoms with Crippen LogP contribution in [0.25, 0.3) is 0 Å². The van der Waals surface area contributed by atoms with Crippen LogP contribution in [0, 0.1) is 11.2 Å². The Kier molecular flexibility index (Phi) is 4.44. The SMILES string of the molecule is CC(C)(CC(F)F)C(=O)N1CCOc2c(F)cccc2C1. The molecule has 1 aromatic rings. The number of halogens is 3. The van der Waals surface area contributed by atoms with Crippen molar-refractivity contribution in [2.24, 2.45) is 5.41 Å². The van der Waals surface area contributed by atoms with Crippen LogP contribution in [0.4, 0.5) is 13.2 Å². The highest BCUT2D eigenvalue weighted by Crippen LogP contribution is 2.31. The zero-order chi connectivity index (χ0) is 15.6. The van der Waals surface area contributed by atoms with Crippen molar-refractivity contribution in [2.75, 3.05) is 13.2 Å². The number of ether oxygens (including phenoxy) is 1. The van der Waals surface area contributed by atoms with Gasteiger partial charge in [-0.2, -0.15) is 0 Å². The van der Waals surface area contributed by atoms with Crippen LogP contribution in [0.3, 0.4) is 0 Å². The van der Waals surface area contributed by atoms with Crippen LogP contribution in [-0.4, -0.2) is 30.4 Å². The van der Waals surface area contributed by atoms with Gasteiger partial charge in [0.2, 0.25) is 12.3 Å². The number of carbonyl (C=O) groups excluding carboxylic acids is 1. The number of carbonyl (C=O) groups is 1. The zero-order valence-electron chi connectivity index (χ0n) is 12.0. The number of alkyl halides is 2. The van der Waals surface area contributed by atoms with Gasteiger partial charge in [-0.1, -0.05) is 26.0 Å². The number of hydrogen-bond donors (Lipinski definition) is 0. The van der Waals surface area contributed by atoms with Gasteiger partial charge >= 0.3 is 0 Å². The van der Waals surface area contributed by atoms with Gasteiger partial charge in [-0.25, -0.2) is 13.2 Å². The minimum Gasteiger partial charge on any atom is -0.488 e. The molecule has 3 nitrogen and oxygen atoms in total. The van der Waals surface area contributed by atoms with Gasteiger partial charge in [0.15, 0.2) is 11.6 Å². The fourth-order valence-electron chi connectivity index (χ4n) is 2.46. The van der Waals surface area contributed by atoms with E-state index in [1.165, 1.54) is 30.9 Å². The summed E-state index contributed by atoms with van der Waals surface area (Å²) in [6.07, 6.45) is -3.05. The number of rotatable bonds is 3. The molecule has 1 aliphatic heterocycles. The molecule has 0 aromatic heterocycles. The number of nitrogens with zero attached hydrogens (tertiary/aromatic N) is 1. The maximum atomic E-state index is 13.7. The second-order valence-electron chi connectivity index (χ2n) is 5.78. The van der Waals surface area contributed by atoms with E-state index in [2.05, 4.69) is 0 Å². The van der Waals surface area contributed by atoms with E-state index in [0.717, 1.165) is 0 Å². The molecule has 1 amide bonds. The normalized spacial score (nSPS) is 15.4. The van der Waals surface area contributed by atoms with Crippen molar-refractivity contribution in [1.29, 1.82) is 0 Å². The van der Waals surface area contributed by atoms with Crippen molar-refractivity contribution in [3.8, 4) is 5.75 Å². The summed E-state index contributed by atoms with van der Waals surface area (Å²) in [4.78, 5) is 13.9. The first-order valence-electron chi connectivity index (χ1n) is 6.79. The topological polar surface area (TPSA) is 29.5 Å². The summed E-state index contributed by atoms with van der Waals surface area (Å²) < 4.78 is 44.2. The summed E-state index contributed by atoms with van der Waals surface area (Å²) in [6, 6.07) is 4.50. The number of hydrogen-bond acceptors (Lipinski definition) is 2. The van der Waals surface area contributed by atoms with Crippen LogP contribution < -0.4 is 4.74 Å². The van der Waals surface area contributed by atoms with E-state index in [4.69, 9.17) is 4.74 Å². The monoisotopic (exact) mass is 301 g/mol. The molecular weight excluding hydrogens is 283 g/mol. The molecule has 0 aliphatic carbocycles. The number of amides is 1. The molecule has 0 atom stereocenters. The Bertz CT molecular complexity index is 532. The minimum absolute atomic E-state index is 0.138. The van der Waals surface area contributed by atoms with Gasteiger partial charge in [-0.15, -0.1) is 0 Å². The number of fused-ring (bicyclic) bond motifs is 1. The van der Waals surface area contributed by atoms with Gasteiger partial charge in [0, 0.05) is 23.9 Å². The predicted molar refractivity (Wildman–Crippen MR) is 71.7 cm³/mol. The highest BCUT2D eigenvalue weighted by molar-refractivity contribution is 5.82. The van der Waals surface area contributed by atoms with Crippen molar-refractivity contribution in [3.05, 3.63) is 29.6 Å². The largest absolute Gasteiger partial charge is 0.488 e. The van der Waals surface area contributed by atoms with Gasteiger partial charge in [0.1, 0.15) is 6.61 Å². The molecule has 21 heavy (non-hydrogen) atoms. The molecule has 0 saturated heterocycles. The fourth-order valence-corrected chi connectivity index (χ4v) is 2.46. The molecule has 116 valence electrons. The highest BCUT2D eigenvalue weighted by Gasteiger charge is 2.35. The summed E-state index contributed by atoms with van der Waals surface area (Å²) >= 11 is 0. The summed E-state index contributed by atoms with van der Waals surface area (Å²) in [7, 11) is 0. The summed E-state index contributed by atoms with van der Waals surface area (Å²) in [5, 5.41) is 0. The molecular formula is C15H18F3NO2. The Morgan fingerprint density at radius 2 is 2.14 bits per heavy atom. The molecule has 0 unspecified atom stereocenters. The quantitative estimate of drug-likeness (QED) is 0.858. The van der Waals surface area contributed by atoms with Crippen molar-refractivity contribution in [2.45, 2.75) is 33.2 Å². The molecule has 2 rings (SSSR count). The van der Waals surface area contributed by atoms with Gasteiger partial charge in [-0.05, 0) is 6.07 Å². The molecule has 6 heteroatoms. The number of para-hydroxylation sites is 1. The molecule has 0 N–H and O–H groups in total. The molecule has 0 spiro atoms. The lowest BCUT2D eigenvalue weighted by molar-refractivity contribution is -0.143. The smallest absolute Gasteiger partial charge is 0.239 e. The van der Waals surface area contributed by atoms with Gasteiger partial charge < -0.3 is 9.64 Å². The van der Waals surface area contributed by atoms with Crippen LogP contribution in [0.2, 0.25) is 0 Å². The van der Waals surface area contributed by atoms with E-state index in [9.17, 15) is 18.0 Å². The van der Waals surface area contributed by atoms with Crippen LogP contribution in [-0.2, 0) is 11.3 Å². The van der Waals surface area contributed by atoms with Crippen molar-refractivity contribution in [1.82, 2.24) is 4.90 Å². The third kappa shape index (κ3) is 3.49. The standard InChI is InChI=1S/C15H18F3NO2/c1-15(2,8-12(17)18)14(20)19-6-7-21-13-10(9-19)4-3-5-11(13)16/h3-5,12H,6-9H2,1-2H3. The minimum atomic E-state index is -2.54. The molecule has 0 bridgehead atoms. The summed E-state index contributed by atoms with van der Waals surface area (Å²) in [5.41, 5.74) is -0.611. The first kappa shape index (κ1) is 15.7. The Morgan fingerprint density at radius 1 is 1.43 bits per heavy atom. The lowest BCUT2D eigenvalue weighted by Gasteiger charge is -2.30. The fraction of sp³-hybridized carbons (Fsp3) is 0.533. The Morgan fingerprint density at radius 3 is 2.81 bits per heavy atom.